The van der Waals surface area contributed by atoms with Crippen LogP contribution in [-0.2, 0) is 23.0 Å². The van der Waals surface area contributed by atoms with Crippen molar-refractivity contribution in [1.82, 2.24) is 9.88 Å². The SMILES string of the molecule is COc1ccc(S(=O)(=O)Nc2ccccc2C(=O)Nc2sc3c(c2-c2nc4ccccc4s2)CCN(C)C3)cc1. The Balaban J connectivity index is 1.34. The van der Waals surface area contributed by atoms with Gasteiger partial charge < -0.3 is 15.0 Å². The maximum absolute atomic E-state index is 13.7. The molecule has 2 N–H and O–H groups in total. The van der Waals surface area contributed by atoms with Gasteiger partial charge in [0.2, 0.25) is 0 Å². The van der Waals surface area contributed by atoms with Crippen molar-refractivity contribution < 1.29 is 17.9 Å². The molecule has 0 spiro atoms. The molecule has 0 aliphatic carbocycles. The van der Waals surface area contributed by atoms with E-state index in [1.54, 1.807) is 59.1 Å². The van der Waals surface area contributed by atoms with Gasteiger partial charge in [-0.15, -0.1) is 22.7 Å². The predicted molar refractivity (Wildman–Crippen MR) is 161 cm³/mol. The molecule has 8 nitrogen and oxygen atoms in total. The second-order valence-corrected chi connectivity index (χ2v) is 13.3. The second-order valence-electron chi connectivity index (χ2n) is 9.46. The van der Waals surface area contributed by atoms with Crippen molar-refractivity contribution in [2.75, 3.05) is 30.7 Å². The number of aromatic nitrogens is 1. The lowest BCUT2D eigenvalue weighted by Crippen LogP contribution is -2.25. The fourth-order valence-corrected chi connectivity index (χ4v) is 8.24. The fourth-order valence-electron chi connectivity index (χ4n) is 4.72. The minimum Gasteiger partial charge on any atom is -0.497 e. The highest BCUT2D eigenvalue weighted by Gasteiger charge is 2.28. The van der Waals surface area contributed by atoms with Crippen LogP contribution < -0.4 is 14.8 Å². The smallest absolute Gasteiger partial charge is 0.261 e. The number of nitrogens with zero attached hydrogens (tertiary/aromatic N) is 2. The molecule has 0 unspecified atom stereocenters. The zero-order chi connectivity index (χ0) is 27.9. The topological polar surface area (TPSA) is 101 Å². The molecule has 0 bridgehead atoms. The Morgan fingerprint density at radius 2 is 1.75 bits per heavy atom. The maximum Gasteiger partial charge on any atom is 0.261 e. The van der Waals surface area contributed by atoms with E-state index in [1.165, 1.54) is 29.7 Å². The number of methoxy groups -OCH3 is 1. The zero-order valence-electron chi connectivity index (χ0n) is 21.8. The Morgan fingerprint density at radius 1 is 1.00 bits per heavy atom. The van der Waals surface area contributed by atoms with E-state index in [4.69, 9.17) is 9.72 Å². The third-order valence-corrected chi connectivity index (χ3v) is 10.3. The number of carbonyl (C=O) groups is 1. The number of thiophene rings is 1. The highest BCUT2D eigenvalue weighted by atomic mass is 32.2. The lowest BCUT2D eigenvalue weighted by molar-refractivity contribution is 0.102. The Labute approximate surface area is 240 Å². The van der Waals surface area contributed by atoms with Gasteiger partial charge in [0.15, 0.2) is 0 Å². The van der Waals surface area contributed by atoms with Crippen molar-refractivity contribution in [1.29, 1.82) is 0 Å². The molecule has 3 heterocycles. The second kappa shape index (κ2) is 10.7. The van der Waals surface area contributed by atoms with Gasteiger partial charge in [0, 0.05) is 23.5 Å². The van der Waals surface area contributed by atoms with Crippen LogP contribution in [0.15, 0.2) is 77.7 Å². The van der Waals surface area contributed by atoms with Crippen LogP contribution >= 0.6 is 22.7 Å². The van der Waals surface area contributed by atoms with E-state index in [2.05, 4.69) is 22.0 Å². The molecule has 2 aromatic heterocycles. The third-order valence-electron chi connectivity index (χ3n) is 6.77. The molecule has 3 aromatic carbocycles. The third kappa shape index (κ3) is 5.08. The van der Waals surface area contributed by atoms with Gasteiger partial charge in [-0.3, -0.25) is 9.52 Å². The van der Waals surface area contributed by atoms with E-state index in [-0.39, 0.29) is 16.1 Å². The molecule has 1 aliphatic heterocycles. The Hall–Kier alpha value is -3.77. The van der Waals surface area contributed by atoms with E-state index in [9.17, 15) is 13.2 Å². The van der Waals surface area contributed by atoms with Crippen molar-refractivity contribution >= 4 is 59.5 Å². The average Bonchev–Trinajstić information content (AvgIpc) is 3.53. The molecule has 0 fully saturated rings. The minimum atomic E-state index is -3.94. The highest BCUT2D eigenvalue weighted by molar-refractivity contribution is 7.92. The first kappa shape index (κ1) is 26.5. The number of carbonyl (C=O) groups excluding carboxylic acids is 1. The van der Waals surface area contributed by atoms with E-state index < -0.39 is 15.9 Å². The summed E-state index contributed by atoms with van der Waals surface area (Å²) >= 11 is 3.16. The molecular weight excluding hydrogens is 565 g/mol. The number of sulfonamides is 1. The van der Waals surface area contributed by atoms with Crippen molar-refractivity contribution in [2.24, 2.45) is 0 Å². The van der Waals surface area contributed by atoms with Gasteiger partial charge in [-0.2, -0.15) is 0 Å². The number of hydrogen-bond donors (Lipinski definition) is 2. The van der Waals surface area contributed by atoms with Crippen LogP contribution in [0.5, 0.6) is 5.75 Å². The number of hydrogen-bond acceptors (Lipinski definition) is 8. The van der Waals surface area contributed by atoms with Crippen LogP contribution in [0.4, 0.5) is 10.7 Å². The molecule has 0 saturated carbocycles. The normalized spacial score (nSPS) is 13.7. The number of anilines is 2. The summed E-state index contributed by atoms with van der Waals surface area (Å²) in [5, 5.41) is 4.69. The van der Waals surface area contributed by atoms with Crippen molar-refractivity contribution in [3.8, 4) is 16.3 Å². The lowest BCUT2D eigenvalue weighted by atomic mass is 10.0. The zero-order valence-corrected chi connectivity index (χ0v) is 24.3. The number of thiazole rings is 1. The fraction of sp³-hybridized carbons (Fsp3) is 0.172. The number of ether oxygens (including phenoxy) is 1. The standard InChI is InChI=1S/C29H26N4O4S3/c1-33-16-15-21-25(17-33)39-29(26(21)28-30-23-9-5-6-10-24(23)38-28)31-27(34)20-7-3-4-8-22(20)32-40(35,36)19-13-11-18(37-2)12-14-19/h3-14,32H,15-17H2,1-2H3,(H,31,34). The van der Waals surface area contributed by atoms with Gasteiger partial charge in [-0.1, -0.05) is 24.3 Å². The van der Waals surface area contributed by atoms with Crippen molar-refractivity contribution in [3.05, 3.63) is 88.8 Å². The monoisotopic (exact) mass is 590 g/mol. The number of para-hydroxylation sites is 2. The predicted octanol–water partition coefficient (Wildman–Crippen LogP) is 6.07. The summed E-state index contributed by atoms with van der Waals surface area (Å²) in [5.74, 6) is 0.148. The van der Waals surface area contributed by atoms with E-state index in [1.807, 2.05) is 24.3 Å². The Bertz CT molecular complexity index is 1790. The highest BCUT2D eigenvalue weighted by Crippen LogP contribution is 2.45. The summed E-state index contributed by atoms with van der Waals surface area (Å²) in [6.07, 6.45) is 0.863. The molecule has 1 amide bonds. The first-order valence-electron chi connectivity index (χ1n) is 12.6. The summed E-state index contributed by atoms with van der Waals surface area (Å²) in [7, 11) is -0.337. The number of fused-ring (bicyclic) bond motifs is 2. The maximum atomic E-state index is 13.7. The number of rotatable bonds is 7. The first-order chi connectivity index (χ1) is 19.3. The Kier molecular flexibility index (Phi) is 7.05. The van der Waals surface area contributed by atoms with E-state index >= 15 is 0 Å². The van der Waals surface area contributed by atoms with Gasteiger partial charge >= 0.3 is 0 Å². The van der Waals surface area contributed by atoms with Gasteiger partial charge in [-0.05, 0) is 67.6 Å². The molecule has 204 valence electrons. The summed E-state index contributed by atoms with van der Waals surface area (Å²) in [6, 6.07) is 20.7. The molecule has 0 saturated heterocycles. The molecule has 0 atom stereocenters. The Morgan fingerprint density at radius 3 is 2.52 bits per heavy atom. The van der Waals surface area contributed by atoms with Gasteiger partial charge in [0.1, 0.15) is 15.8 Å². The molecular formula is C29H26N4O4S3. The van der Waals surface area contributed by atoms with Crippen molar-refractivity contribution in [2.45, 2.75) is 17.9 Å². The molecule has 1 aliphatic rings. The quantitative estimate of drug-likeness (QED) is 0.239. The van der Waals surface area contributed by atoms with Crippen LogP contribution in [0.1, 0.15) is 20.8 Å². The van der Waals surface area contributed by atoms with Crippen LogP contribution in [-0.4, -0.2) is 44.9 Å². The molecule has 6 rings (SSSR count). The van der Waals surface area contributed by atoms with Gasteiger partial charge in [0.05, 0.1) is 33.5 Å². The number of nitrogens with one attached hydrogen (secondary N) is 2. The van der Waals surface area contributed by atoms with Crippen LogP contribution in [0, 0.1) is 0 Å². The van der Waals surface area contributed by atoms with Gasteiger partial charge in [-0.25, -0.2) is 13.4 Å². The molecule has 0 radical (unpaired) electrons. The lowest BCUT2D eigenvalue weighted by Gasteiger charge is -2.22. The minimum absolute atomic E-state index is 0.0664. The van der Waals surface area contributed by atoms with Crippen LogP contribution in [0.2, 0.25) is 0 Å². The molecule has 5 aromatic rings. The van der Waals surface area contributed by atoms with E-state index in [0.29, 0.717) is 5.75 Å². The number of likely N-dealkylation sites (N-methyl/N-ethyl adjacent to an activating group) is 1. The summed E-state index contributed by atoms with van der Waals surface area (Å²) in [5.41, 5.74) is 3.51. The number of amides is 1. The number of benzene rings is 3. The average molecular weight is 591 g/mol. The van der Waals surface area contributed by atoms with Crippen LogP contribution in [0.25, 0.3) is 20.8 Å². The first-order valence-corrected chi connectivity index (χ1v) is 15.7. The molecule has 40 heavy (non-hydrogen) atoms. The van der Waals surface area contributed by atoms with Gasteiger partial charge in [0.25, 0.3) is 15.9 Å². The van der Waals surface area contributed by atoms with Crippen molar-refractivity contribution in [3.63, 3.8) is 0 Å². The largest absolute Gasteiger partial charge is 0.497 e. The van der Waals surface area contributed by atoms with Crippen LogP contribution in [0.3, 0.4) is 0 Å². The summed E-state index contributed by atoms with van der Waals surface area (Å²) < 4.78 is 35.1. The molecule has 11 heteroatoms. The van der Waals surface area contributed by atoms with E-state index in [0.717, 1.165) is 45.3 Å². The summed E-state index contributed by atoms with van der Waals surface area (Å²) in [4.78, 5) is 22.1. The summed E-state index contributed by atoms with van der Waals surface area (Å²) in [6.45, 7) is 1.72.